The fourth-order valence-corrected chi connectivity index (χ4v) is 1.61. The van der Waals surface area contributed by atoms with Gasteiger partial charge in [0.1, 0.15) is 0 Å². The summed E-state index contributed by atoms with van der Waals surface area (Å²) < 4.78 is 0. The minimum atomic E-state index is -0.0646. The van der Waals surface area contributed by atoms with Crippen molar-refractivity contribution in [3.63, 3.8) is 0 Å². The summed E-state index contributed by atoms with van der Waals surface area (Å²) >= 11 is 0. The van der Waals surface area contributed by atoms with Gasteiger partial charge in [0, 0.05) is 12.4 Å². The molecule has 0 aliphatic heterocycles. The number of hydrogen-bond acceptors (Lipinski definition) is 2. The van der Waals surface area contributed by atoms with Crippen molar-refractivity contribution in [3.8, 4) is 0 Å². The average molecular weight is 163 g/mol. The molecule has 2 atom stereocenters. The summed E-state index contributed by atoms with van der Waals surface area (Å²) in [5.41, 5.74) is 1.24. The van der Waals surface area contributed by atoms with E-state index in [1.54, 1.807) is 6.20 Å². The molecule has 1 saturated carbocycles. The molecule has 0 amide bonds. The maximum atomic E-state index is 9.35. The van der Waals surface area contributed by atoms with Gasteiger partial charge in [-0.2, -0.15) is 0 Å². The number of aliphatic hydroxyl groups excluding tert-OH is 1. The summed E-state index contributed by atoms with van der Waals surface area (Å²) in [7, 11) is 0. The highest BCUT2D eigenvalue weighted by molar-refractivity contribution is 5.10. The first-order chi connectivity index (χ1) is 5.86. The molecule has 0 saturated heterocycles. The van der Waals surface area contributed by atoms with E-state index in [9.17, 15) is 5.11 Å². The van der Waals surface area contributed by atoms with E-state index in [1.807, 2.05) is 12.3 Å². The Balaban J connectivity index is 1.95. The molecule has 2 nitrogen and oxygen atoms in total. The number of aromatic nitrogens is 1. The van der Waals surface area contributed by atoms with Gasteiger partial charge in [0.2, 0.25) is 0 Å². The summed E-state index contributed by atoms with van der Waals surface area (Å²) in [5, 5.41) is 9.35. The third-order valence-corrected chi connectivity index (χ3v) is 2.60. The molecule has 0 radical (unpaired) electrons. The smallest absolute Gasteiger partial charge is 0.0571 e. The lowest BCUT2D eigenvalue weighted by molar-refractivity contribution is 0.0244. The van der Waals surface area contributed by atoms with Crippen LogP contribution < -0.4 is 0 Å². The molecule has 0 bridgehead atoms. The molecule has 2 rings (SSSR count). The number of pyridine rings is 1. The standard InChI is InChI=1S/C10H13NO/c12-10-4-3-9(10)6-8-2-1-5-11-7-8/h1-2,5,7,9-10,12H,3-4,6H2. The lowest BCUT2D eigenvalue weighted by Crippen LogP contribution is -2.32. The molecule has 1 aliphatic carbocycles. The SMILES string of the molecule is OC1CCC1Cc1cccnc1. The molecule has 2 heteroatoms. The minimum absolute atomic E-state index is 0.0646. The molecule has 12 heavy (non-hydrogen) atoms. The number of hydrogen-bond donors (Lipinski definition) is 1. The molecular weight excluding hydrogens is 150 g/mol. The molecular formula is C10H13NO. The van der Waals surface area contributed by atoms with Gasteiger partial charge in [-0.1, -0.05) is 6.07 Å². The van der Waals surface area contributed by atoms with E-state index < -0.39 is 0 Å². The molecule has 0 spiro atoms. The van der Waals surface area contributed by atoms with Crippen LogP contribution in [0.5, 0.6) is 0 Å². The molecule has 1 heterocycles. The Labute approximate surface area is 72.3 Å². The van der Waals surface area contributed by atoms with Crippen molar-refractivity contribution in [3.05, 3.63) is 30.1 Å². The lowest BCUT2D eigenvalue weighted by Gasteiger charge is -2.32. The van der Waals surface area contributed by atoms with Crippen molar-refractivity contribution < 1.29 is 5.11 Å². The Bertz CT molecular complexity index is 247. The third kappa shape index (κ3) is 1.48. The Morgan fingerprint density at radius 2 is 2.42 bits per heavy atom. The molecule has 1 aliphatic rings. The third-order valence-electron chi connectivity index (χ3n) is 2.60. The molecule has 1 aromatic rings. The van der Waals surface area contributed by atoms with Crippen molar-refractivity contribution in [2.24, 2.45) is 5.92 Å². The van der Waals surface area contributed by atoms with Crippen LogP contribution in [-0.4, -0.2) is 16.2 Å². The average Bonchev–Trinajstić information content (AvgIpc) is 2.14. The van der Waals surface area contributed by atoms with Gasteiger partial charge in [0.25, 0.3) is 0 Å². The second kappa shape index (κ2) is 3.23. The predicted octanol–water partition coefficient (Wildman–Crippen LogP) is 1.40. The van der Waals surface area contributed by atoms with Crippen molar-refractivity contribution in [1.82, 2.24) is 4.98 Å². The van der Waals surface area contributed by atoms with E-state index in [0.717, 1.165) is 19.3 Å². The van der Waals surface area contributed by atoms with Crippen LogP contribution in [0.3, 0.4) is 0 Å². The van der Waals surface area contributed by atoms with Crippen LogP contribution in [0.15, 0.2) is 24.5 Å². The van der Waals surface area contributed by atoms with E-state index in [4.69, 9.17) is 0 Å². The van der Waals surface area contributed by atoms with Gasteiger partial charge in [-0.15, -0.1) is 0 Å². The lowest BCUT2D eigenvalue weighted by atomic mass is 9.78. The van der Waals surface area contributed by atoms with Gasteiger partial charge in [-0.25, -0.2) is 0 Å². The molecule has 2 unspecified atom stereocenters. The highest BCUT2D eigenvalue weighted by Crippen LogP contribution is 2.30. The van der Waals surface area contributed by atoms with Crippen LogP contribution in [0.25, 0.3) is 0 Å². The van der Waals surface area contributed by atoms with Gasteiger partial charge in [0.15, 0.2) is 0 Å². The summed E-state index contributed by atoms with van der Waals surface area (Å²) in [6.07, 6.45) is 6.71. The quantitative estimate of drug-likeness (QED) is 0.714. The van der Waals surface area contributed by atoms with Gasteiger partial charge >= 0.3 is 0 Å². The first kappa shape index (κ1) is 7.74. The highest BCUT2D eigenvalue weighted by Gasteiger charge is 2.28. The second-order valence-corrected chi connectivity index (χ2v) is 3.47. The van der Waals surface area contributed by atoms with Gasteiger partial charge < -0.3 is 5.11 Å². The predicted molar refractivity (Wildman–Crippen MR) is 46.7 cm³/mol. The zero-order valence-corrected chi connectivity index (χ0v) is 6.98. The van der Waals surface area contributed by atoms with E-state index in [0.29, 0.717) is 5.92 Å². The van der Waals surface area contributed by atoms with E-state index >= 15 is 0 Å². The molecule has 1 aromatic heterocycles. The number of nitrogens with zero attached hydrogens (tertiary/aromatic N) is 1. The Hall–Kier alpha value is -0.890. The first-order valence-electron chi connectivity index (χ1n) is 4.43. The Morgan fingerprint density at radius 3 is 2.92 bits per heavy atom. The molecule has 1 fully saturated rings. The van der Waals surface area contributed by atoms with Crippen molar-refractivity contribution in [2.45, 2.75) is 25.4 Å². The fourth-order valence-electron chi connectivity index (χ4n) is 1.61. The zero-order valence-electron chi connectivity index (χ0n) is 6.98. The Kier molecular flexibility index (Phi) is 2.09. The largest absolute Gasteiger partial charge is 0.393 e. The van der Waals surface area contributed by atoms with Crippen LogP contribution >= 0.6 is 0 Å². The number of rotatable bonds is 2. The molecule has 0 aromatic carbocycles. The molecule has 64 valence electrons. The maximum absolute atomic E-state index is 9.35. The zero-order chi connectivity index (χ0) is 8.39. The summed E-state index contributed by atoms with van der Waals surface area (Å²) in [5.74, 6) is 0.481. The number of aliphatic hydroxyl groups is 1. The Morgan fingerprint density at radius 1 is 1.50 bits per heavy atom. The second-order valence-electron chi connectivity index (χ2n) is 3.47. The van der Waals surface area contributed by atoms with Gasteiger partial charge in [0.05, 0.1) is 6.10 Å². The van der Waals surface area contributed by atoms with E-state index in [1.165, 1.54) is 5.56 Å². The van der Waals surface area contributed by atoms with Crippen molar-refractivity contribution >= 4 is 0 Å². The van der Waals surface area contributed by atoms with E-state index in [-0.39, 0.29) is 6.10 Å². The van der Waals surface area contributed by atoms with Crippen LogP contribution in [0.2, 0.25) is 0 Å². The summed E-state index contributed by atoms with van der Waals surface area (Å²) in [4.78, 5) is 4.04. The van der Waals surface area contributed by atoms with Gasteiger partial charge in [-0.05, 0) is 36.8 Å². The van der Waals surface area contributed by atoms with Crippen LogP contribution in [0.1, 0.15) is 18.4 Å². The highest BCUT2D eigenvalue weighted by atomic mass is 16.3. The fraction of sp³-hybridized carbons (Fsp3) is 0.500. The van der Waals surface area contributed by atoms with E-state index in [2.05, 4.69) is 11.1 Å². The van der Waals surface area contributed by atoms with Crippen LogP contribution in [-0.2, 0) is 6.42 Å². The summed E-state index contributed by atoms with van der Waals surface area (Å²) in [6, 6.07) is 4.01. The van der Waals surface area contributed by atoms with Crippen LogP contribution in [0, 0.1) is 5.92 Å². The maximum Gasteiger partial charge on any atom is 0.0571 e. The summed E-state index contributed by atoms with van der Waals surface area (Å²) in [6.45, 7) is 0. The van der Waals surface area contributed by atoms with Crippen LogP contribution in [0.4, 0.5) is 0 Å². The van der Waals surface area contributed by atoms with Crippen molar-refractivity contribution in [1.29, 1.82) is 0 Å². The van der Waals surface area contributed by atoms with Gasteiger partial charge in [-0.3, -0.25) is 4.98 Å². The first-order valence-corrected chi connectivity index (χ1v) is 4.43. The topological polar surface area (TPSA) is 33.1 Å². The minimum Gasteiger partial charge on any atom is -0.393 e. The monoisotopic (exact) mass is 163 g/mol. The van der Waals surface area contributed by atoms with Crippen molar-refractivity contribution in [2.75, 3.05) is 0 Å². The molecule has 1 N–H and O–H groups in total. The normalized spacial score (nSPS) is 28.1.